The molecule has 0 saturated carbocycles. The molecule has 2 aromatic carbocycles. The van der Waals surface area contributed by atoms with Gasteiger partial charge < -0.3 is 11.1 Å². The van der Waals surface area contributed by atoms with Crippen molar-refractivity contribution in [2.45, 2.75) is 24.7 Å². The van der Waals surface area contributed by atoms with Crippen LogP contribution in [0, 0.1) is 6.92 Å². The van der Waals surface area contributed by atoms with E-state index < -0.39 is 10.0 Å². The molecule has 0 unspecified atom stereocenters. The van der Waals surface area contributed by atoms with Gasteiger partial charge in [0.15, 0.2) is 0 Å². The second kappa shape index (κ2) is 10.2. The zero-order chi connectivity index (χ0) is 18.3. The number of nitrogens with two attached hydrogens (primary N) is 1. The molecule has 0 aliphatic rings. The summed E-state index contributed by atoms with van der Waals surface area (Å²) < 4.78 is 27.6. The summed E-state index contributed by atoms with van der Waals surface area (Å²) in [5.74, 6) is -0.320. The molecule has 8 heteroatoms. The molecule has 0 saturated heterocycles. The number of benzene rings is 2. The maximum absolute atomic E-state index is 12.5. The average Bonchev–Trinajstić information content (AvgIpc) is 2.59. The summed E-state index contributed by atoms with van der Waals surface area (Å²) >= 11 is 0. The van der Waals surface area contributed by atoms with Crippen molar-refractivity contribution in [2.24, 2.45) is 5.73 Å². The number of para-hydroxylation sites is 1. The van der Waals surface area contributed by atoms with E-state index in [9.17, 15) is 13.2 Å². The number of anilines is 1. The molecule has 0 fully saturated rings. The SMILES string of the molecule is Cc1ccc(S(=O)(=O)Nc2ccccc2C(=O)NCCCCN)cc1.Cl. The highest BCUT2D eigenvalue weighted by molar-refractivity contribution is 7.92. The molecular formula is C18H24ClN3O3S. The number of unbranched alkanes of at least 4 members (excludes halogenated alkanes) is 1. The van der Waals surface area contributed by atoms with Crippen LogP contribution in [0.3, 0.4) is 0 Å². The third-order valence-electron chi connectivity index (χ3n) is 3.66. The van der Waals surface area contributed by atoms with E-state index in [-0.39, 0.29) is 34.5 Å². The fourth-order valence-electron chi connectivity index (χ4n) is 2.26. The van der Waals surface area contributed by atoms with Crippen LogP contribution < -0.4 is 15.8 Å². The number of amides is 1. The Balaban J connectivity index is 0.00000338. The number of halogens is 1. The number of sulfonamides is 1. The van der Waals surface area contributed by atoms with E-state index in [0.717, 1.165) is 18.4 Å². The van der Waals surface area contributed by atoms with Crippen LogP contribution in [0.25, 0.3) is 0 Å². The molecule has 0 aliphatic carbocycles. The Hall–Kier alpha value is -2.09. The summed E-state index contributed by atoms with van der Waals surface area (Å²) in [4.78, 5) is 12.5. The predicted octanol–water partition coefficient (Wildman–Crippen LogP) is 2.69. The van der Waals surface area contributed by atoms with E-state index in [1.54, 1.807) is 36.4 Å². The zero-order valence-corrected chi connectivity index (χ0v) is 16.2. The summed E-state index contributed by atoms with van der Waals surface area (Å²) in [6.45, 7) is 2.95. The quantitative estimate of drug-likeness (QED) is 0.596. The number of aryl methyl sites for hydroxylation is 1. The van der Waals surface area contributed by atoms with Crippen molar-refractivity contribution in [3.63, 3.8) is 0 Å². The van der Waals surface area contributed by atoms with E-state index in [0.29, 0.717) is 13.1 Å². The third kappa shape index (κ3) is 6.01. The lowest BCUT2D eigenvalue weighted by Gasteiger charge is -2.13. The van der Waals surface area contributed by atoms with Gasteiger partial charge in [-0.3, -0.25) is 9.52 Å². The minimum Gasteiger partial charge on any atom is -0.352 e. The first-order valence-electron chi connectivity index (χ1n) is 8.11. The maximum Gasteiger partial charge on any atom is 0.261 e. The van der Waals surface area contributed by atoms with Gasteiger partial charge in [-0.1, -0.05) is 29.8 Å². The molecule has 0 aliphatic heterocycles. The van der Waals surface area contributed by atoms with Crippen molar-refractivity contribution in [3.8, 4) is 0 Å². The minimum absolute atomic E-state index is 0. The Labute approximate surface area is 160 Å². The summed E-state index contributed by atoms with van der Waals surface area (Å²) in [6, 6.07) is 13.1. The number of rotatable bonds is 8. The summed E-state index contributed by atoms with van der Waals surface area (Å²) in [7, 11) is -3.76. The summed E-state index contributed by atoms with van der Waals surface area (Å²) in [5.41, 5.74) is 6.93. The monoisotopic (exact) mass is 397 g/mol. The number of hydrogen-bond donors (Lipinski definition) is 3. The molecule has 2 aromatic rings. The van der Waals surface area contributed by atoms with E-state index in [1.165, 1.54) is 12.1 Å². The Bertz CT molecular complexity index is 824. The van der Waals surface area contributed by atoms with Gasteiger partial charge in [-0.15, -0.1) is 12.4 Å². The Morgan fingerprint density at radius 3 is 2.35 bits per heavy atom. The average molecular weight is 398 g/mol. The molecule has 0 heterocycles. The highest BCUT2D eigenvalue weighted by atomic mass is 35.5. The Kier molecular flexibility index (Phi) is 8.57. The third-order valence-corrected chi connectivity index (χ3v) is 5.05. The van der Waals surface area contributed by atoms with E-state index in [1.807, 2.05) is 6.92 Å². The Morgan fingerprint density at radius 2 is 1.69 bits per heavy atom. The molecule has 0 radical (unpaired) electrons. The molecule has 0 atom stereocenters. The second-order valence-electron chi connectivity index (χ2n) is 5.72. The molecule has 4 N–H and O–H groups in total. The van der Waals surface area contributed by atoms with Gasteiger partial charge in [-0.2, -0.15) is 0 Å². The van der Waals surface area contributed by atoms with Crippen LogP contribution in [-0.4, -0.2) is 27.4 Å². The van der Waals surface area contributed by atoms with Crippen LogP contribution in [0.4, 0.5) is 5.69 Å². The lowest BCUT2D eigenvalue weighted by Crippen LogP contribution is -2.26. The van der Waals surface area contributed by atoms with Crippen molar-refractivity contribution >= 4 is 34.0 Å². The number of hydrogen-bond acceptors (Lipinski definition) is 4. The molecule has 1 amide bonds. The normalized spacial score (nSPS) is 10.7. The van der Waals surface area contributed by atoms with Gasteiger partial charge in [0.05, 0.1) is 16.1 Å². The van der Waals surface area contributed by atoms with Crippen LogP contribution in [0.1, 0.15) is 28.8 Å². The van der Waals surface area contributed by atoms with Crippen LogP contribution in [0.2, 0.25) is 0 Å². The van der Waals surface area contributed by atoms with E-state index in [2.05, 4.69) is 10.0 Å². The summed E-state index contributed by atoms with van der Waals surface area (Å²) in [5, 5.41) is 2.78. The zero-order valence-electron chi connectivity index (χ0n) is 14.6. The lowest BCUT2D eigenvalue weighted by atomic mass is 10.1. The fourth-order valence-corrected chi connectivity index (χ4v) is 3.34. The van der Waals surface area contributed by atoms with Crippen molar-refractivity contribution < 1.29 is 13.2 Å². The van der Waals surface area contributed by atoms with Crippen LogP contribution in [0.15, 0.2) is 53.4 Å². The number of nitrogens with one attached hydrogen (secondary N) is 2. The topological polar surface area (TPSA) is 101 Å². The highest BCUT2D eigenvalue weighted by Gasteiger charge is 2.18. The van der Waals surface area contributed by atoms with E-state index in [4.69, 9.17) is 5.73 Å². The van der Waals surface area contributed by atoms with Gasteiger partial charge in [0.2, 0.25) is 0 Å². The van der Waals surface area contributed by atoms with Gasteiger partial charge in [0.1, 0.15) is 0 Å². The molecule has 26 heavy (non-hydrogen) atoms. The first-order chi connectivity index (χ1) is 11.9. The molecule has 0 bridgehead atoms. The molecular weight excluding hydrogens is 374 g/mol. The van der Waals surface area contributed by atoms with Crippen molar-refractivity contribution in [1.82, 2.24) is 5.32 Å². The minimum atomic E-state index is -3.76. The first-order valence-corrected chi connectivity index (χ1v) is 9.59. The van der Waals surface area contributed by atoms with Crippen LogP contribution in [0.5, 0.6) is 0 Å². The molecule has 142 valence electrons. The molecule has 2 rings (SSSR count). The largest absolute Gasteiger partial charge is 0.352 e. The number of carbonyl (C=O) groups is 1. The maximum atomic E-state index is 12.5. The summed E-state index contributed by atoms with van der Waals surface area (Å²) in [6.07, 6.45) is 1.60. The standard InChI is InChI=1S/C18H23N3O3S.ClH/c1-14-8-10-15(11-9-14)25(23,24)21-17-7-3-2-6-16(17)18(22)20-13-5-4-12-19;/h2-3,6-11,21H,4-5,12-13,19H2,1H3,(H,20,22);1H. The smallest absolute Gasteiger partial charge is 0.261 e. The Morgan fingerprint density at radius 1 is 1.04 bits per heavy atom. The van der Waals surface area contributed by atoms with Crippen molar-refractivity contribution in [3.05, 3.63) is 59.7 Å². The number of carbonyl (C=O) groups excluding carboxylic acids is 1. The van der Waals surface area contributed by atoms with Crippen molar-refractivity contribution in [1.29, 1.82) is 0 Å². The fraction of sp³-hybridized carbons (Fsp3) is 0.278. The van der Waals surface area contributed by atoms with Gasteiger partial charge in [0.25, 0.3) is 15.9 Å². The first kappa shape index (κ1) is 22.0. The van der Waals surface area contributed by atoms with Gasteiger partial charge in [-0.25, -0.2) is 8.42 Å². The lowest BCUT2D eigenvalue weighted by molar-refractivity contribution is 0.0954. The van der Waals surface area contributed by atoms with Crippen molar-refractivity contribution in [2.75, 3.05) is 17.8 Å². The van der Waals surface area contributed by atoms with Crippen LogP contribution in [-0.2, 0) is 10.0 Å². The second-order valence-corrected chi connectivity index (χ2v) is 7.40. The van der Waals surface area contributed by atoms with E-state index >= 15 is 0 Å². The highest BCUT2D eigenvalue weighted by Crippen LogP contribution is 2.20. The molecule has 0 aromatic heterocycles. The predicted molar refractivity (Wildman–Crippen MR) is 106 cm³/mol. The molecule has 6 nitrogen and oxygen atoms in total. The molecule has 0 spiro atoms. The van der Waals surface area contributed by atoms with Gasteiger partial charge >= 0.3 is 0 Å². The van der Waals surface area contributed by atoms with Gasteiger partial charge in [0, 0.05) is 6.54 Å². The van der Waals surface area contributed by atoms with Crippen LogP contribution >= 0.6 is 12.4 Å². The van der Waals surface area contributed by atoms with Gasteiger partial charge in [-0.05, 0) is 50.6 Å².